The van der Waals surface area contributed by atoms with Crippen LogP contribution in [0.25, 0.3) is 5.52 Å². The maximum Gasteiger partial charge on any atom is 0.344 e. The molecule has 2 heterocycles. The Balaban J connectivity index is 2.24. The zero-order chi connectivity index (χ0) is 11.5. The molecule has 84 valence electrons. The summed E-state index contributed by atoms with van der Waals surface area (Å²) in [4.78, 5) is 10.8. The van der Waals surface area contributed by atoms with Crippen LogP contribution in [0.4, 0.5) is 0 Å². The van der Waals surface area contributed by atoms with E-state index < -0.39 is 12.1 Å². The summed E-state index contributed by atoms with van der Waals surface area (Å²) in [5.41, 5.74) is 0.873. The molecule has 2 aromatic rings. The molecule has 5 nitrogen and oxygen atoms in total. The Hall–Kier alpha value is -2.04. The first-order valence-electron chi connectivity index (χ1n) is 5.04. The third kappa shape index (κ3) is 1.98. The second-order valence-corrected chi connectivity index (χ2v) is 3.41. The number of carbonyl (C=O) groups is 1. The highest BCUT2D eigenvalue weighted by molar-refractivity contribution is 5.72. The first-order valence-corrected chi connectivity index (χ1v) is 5.04. The van der Waals surface area contributed by atoms with Crippen LogP contribution in [-0.2, 0) is 4.79 Å². The molecule has 5 heteroatoms. The quantitative estimate of drug-likeness (QED) is 0.849. The lowest BCUT2D eigenvalue weighted by Crippen LogP contribution is -2.26. The Kier molecular flexibility index (Phi) is 2.76. The number of pyridine rings is 1. The number of carboxylic acid groups (broad SMARTS) is 1. The second-order valence-electron chi connectivity index (χ2n) is 3.41. The molecular weight excluding hydrogens is 208 g/mol. The molecule has 1 N–H and O–H groups in total. The average Bonchev–Trinajstić information content (AvgIpc) is 2.67. The van der Waals surface area contributed by atoms with Crippen LogP contribution in [0.5, 0.6) is 5.88 Å². The summed E-state index contributed by atoms with van der Waals surface area (Å²) < 4.78 is 6.92. The summed E-state index contributed by atoms with van der Waals surface area (Å²) in [7, 11) is 0. The minimum atomic E-state index is -0.973. The smallest absolute Gasteiger partial charge is 0.344 e. The normalized spacial score (nSPS) is 12.6. The summed E-state index contributed by atoms with van der Waals surface area (Å²) in [5.74, 6) is -0.639. The average molecular weight is 220 g/mol. The number of nitrogens with zero attached hydrogens (tertiary/aromatic N) is 2. The molecule has 0 aliphatic carbocycles. The first kappa shape index (κ1) is 10.5. The van der Waals surface area contributed by atoms with E-state index in [1.165, 1.54) is 0 Å². The van der Waals surface area contributed by atoms with Crippen molar-refractivity contribution in [2.45, 2.75) is 19.4 Å². The molecule has 0 saturated carbocycles. The van der Waals surface area contributed by atoms with Crippen molar-refractivity contribution in [2.75, 3.05) is 0 Å². The fourth-order valence-corrected chi connectivity index (χ4v) is 1.43. The van der Waals surface area contributed by atoms with Crippen LogP contribution in [0.3, 0.4) is 0 Å². The van der Waals surface area contributed by atoms with Crippen molar-refractivity contribution < 1.29 is 14.6 Å². The van der Waals surface area contributed by atoms with E-state index in [9.17, 15) is 4.79 Å². The molecule has 0 saturated heterocycles. The van der Waals surface area contributed by atoms with Gasteiger partial charge in [0.05, 0.1) is 5.52 Å². The molecule has 0 amide bonds. The first-order chi connectivity index (χ1) is 7.70. The monoisotopic (exact) mass is 220 g/mol. The van der Waals surface area contributed by atoms with E-state index in [0.29, 0.717) is 12.3 Å². The highest BCUT2D eigenvalue weighted by Crippen LogP contribution is 2.15. The molecular formula is C11H12N2O3. The van der Waals surface area contributed by atoms with Gasteiger partial charge in [0.15, 0.2) is 6.10 Å². The van der Waals surface area contributed by atoms with Gasteiger partial charge in [-0.15, -0.1) is 5.10 Å². The van der Waals surface area contributed by atoms with Crippen LogP contribution in [0, 0.1) is 0 Å². The number of hydrogen-bond donors (Lipinski definition) is 1. The molecule has 1 atom stereocenters. The highest BCUT2D eigenvalue weighted by Gasteiger charge is 2.18. The van der Waals surface area contributed by atoms with Crippen molar-refractivity contribution in [3.63, 3.8) is 0 Å². The summed E-state index contributed by atoms with van der Waals surface area (Å²) in [6, 6.07) is 7.32. The molecule has 0 unspecified atom stereocenters. The number of rotatable bonds is 4. The Labute approximate surface area is 92.3 Å². The number of fused-ring (bicyclic) bond motifs is 1. The number of ether oxygens (including phenoxy) is 1. The maximum absolute atomic E-state index is 10.8. The number of carboxylic acids is 1. The van der Waals surface area contributed by atoms with Crippen LogP contribution >= 0.6 is 0 Å². The summed E-state index contributed by atoms with van der Waals surface area (Å²) in [6.07, 6.45) is 1.34. The van der Waals surface area contributed by atoms with Crippen LogP contribution < -0.4 is 4.74 Å². The van der Waals surface area contributed by atoms with Crippen molar-refractivity contribution >= 4 is 11.5 Å². The zero-order valence-electron chi connectivity index (χ0n) is 8.83. The highest BCUT2D eigenvalue weighted by atomic mass is 16.5. The van der Waals surface area contributed by atoms with Gasteiger partial charge < -0.3 is 9.84 Å². The number of aromatic nitrogens is 2. The van der Waals surface area contributed by atoms with E-state index in [0.717, 1.165) is 5.52 Å². The summed E-state index contributed by atoms with van der Waals surface area (Å²) in [6.45, 7) is 1.76. The van der Waals surface area contributed by atoms with Gasteiger partial charge in [-0.2, -0.15) is 0 Å². The standard InChI is InChI=1S/C11H12N2O3/c1-2-9(11(14)15)16-10-7-8-5-3-4-6-13(8)12-10/h3-7,9H,2H2,1H3,(H,14,15)/t9-/m1/s1. The summed E-state index contributed by atoms with van der Waals surface area (Å²) in [5, 5.41) is 13.0. The van der Waals surface area contributed by atoms with Gasteiger partial charge in [0.2, 0.25) is 5.88 Å². The van der Waals surface area contributed by atoms with Crippen molar-refractivity contribution in [3.05, 3.63) is 30.5 Å². The predicted octanol–water partition coefficient (Wildman–Crippen LogP) is 1.58. The van der Waals surface area contributed by atoms with Crippen molar-refractivity contribution in [1.82, 2.24) is 9.61 Å². The van der Waals surface area contributed by atoms with E-state index in [4.69, 9.17) is 9.84 Å². The second kappa shape index (κ2) is 4.22. The lowest BCUT2D eigenvalue weighted by atomic mass is 10.3. The molecule has 0 spiro atoms. The molecule has 0 aromatic carbocycles. The summed E-state index contributed by atoms with van der Waals surface area (Å²) >= 11 is 0. The number of hydrogen-bond acceptors (Lipinski definition) is 3. The predicted molar refractivity (Wildman–Crippen MR) is 57.5 cm³/mol. The van der Waals surface area contributed by atoms with Gasteiger partial charge in [0.1, 0.15) is 0 Å². The van der Waals surface area contributed by atoms with E-state index >= 15 is 0 Å². The molecule has 0 aliphatic rings. The van der Waals surface area contributed by atoms with Crippen LogP contribution in [0.1, 0.15) is 13.3 Å². The van der Waals surface area contributed by atoms with Gasteiger partial charge in [-0.3, -0.25) is 0 Å². The Morgan fingerprint density at radius 1 is 1.62 bits per heavy atom. The van der Waals surface area contributed by atoms with Gasteiger partial charge in [-0.05, 0) is 18.6 Å². The van der Waals surface area contributed by atoms with Gasteiger partial charge >= 0.3 is 5.97 Å². The molecule has 16 heavy (non-hydrogen) atoms. The van der Waals surface area contributed by atoms with Crippen molar-refractivity contribution in [1.29, 1.82) is 0 Å². The molecule has 0 bridgehead atoms. The minimum Gasteiger partial charge on any atom is -0.479 e. The van der Waals surface area contributed by atoms with Crippen LogP contribution in [0.2, 0.25) is 0 Å². The SMILES string of the molecule is CC[C@@H](Oc1cc2ccccn2n1)C(=O)O. The van der Waals surface area contributed by atoms with Gasteiger partial charge in [-0.1, -0.05) is 13.0 Å². The van der Waals surface area contributed by atoms with E-state index in [1.807, 2.05) is 18.2 Å². The van der Waals surface area contributed by atoms with Crippen molar-refractivity contribution in [3.8, 4) is 5.88 Å². The third-order valence-corrected chi connectivity index (χ3v) is 2.26. The molecule has 2 aromatic heterocycles. The van der Waals surface area contributed by atoms with E-state index in [1.54, 1.807) is 23.7 Å². The van der Waals surface area contributed by atoms with Crippen LogP contribution in [0.15, 0.2) is 30.5 Å². The fraction of sp³-hybridized carbons (Fsp3) is 0.273. The zero-order valence-corrected chi connectivity index (χ0v) is 8.83. The lowest BCUT2D eigenvalue weighted by Gasteiger charge is -2.09. The topological polar surface area (TPSA) is 63.8 Å². The Morgan fingerprint density at radius 3 is 3.06 bits per heavy atom. The lowest BCUT2D eigenvalue weighted by molar-refractivity contribution is -0.145. The molecule has 0 fully saturated rings. The van der Waals surface area contributed by atoms with E-state index in [-0.39, 0.29) is 0 Å². The Morgan fingerprint density at radius 2 is 2.44 bits per heavy atom. The number of aliphatic carboxylic acids is 1. The fourth-order valence-electron chi connectivity index (χ4n) is 1.43. The Bertz CT molecular complexity index is 474. The van der Waals surface area contributed by atoms with Gasteiger partial charge in [0, 0.05) is 12.3 Å². The molecule has 0 radical (unpaired) electrons. The molecule has 0 aliphatic heterocycles. The van der Waals surface area contributed by atoms with Gasteiger partial charge in [-0.25, -0.2) is 9.31 Å². The minimum absolute atomic E-state index is 0.334. The maximum atomic E-state index is 10.8. The molecule has 2 rings (SSSR count). The third-order valence-electron chi connectivity index (χ3n) is 2.26. The van der Waals surface area contributed by atoms with Crippen LogP contribution in [-0.4, -0.2) is 26.8 Å². The van der Waals surface area contributed by atoms with E-state index in [2.05, 4.69) is 5.10 Å². The van der Waals surface area contributed by atoms with Crippen molar-refractivity contribution in [2.24, 2.45) is 0 Å². The van der Waals surface area contributed by atoms with Gasteiger partial charge in [0.25, 0.3) is 0 Å². The largest absolute Gasteiger partial charge is 0.479 e.